The summed E-state index contributed by atoms with van der Waals surface area (Å²) in [6.45, 7) is 4.22. The maximum Gasteiger partial charge on any atom is 0.244 e. The SMILES string of the molecule is COCCN(CC(=O)Nc1ccc(C)cc1Br)C(C)=O. The Kier molecular flexibility index (Phi) is 6.67. The topological polar surface area (TPSA) is 58.6 Å². The van der Waals surface area contributed by atoms with Gasteiger partial charge in [-0.25, -0.2) is 0 Å². The number of rotatable bonds is 6. The molecule has 1 aromatic carbocycles. The van der Waals surface area contributed by atoms with E-state index in [1.807, 2.05) is 25.1 Å². The lowest BCUT2D eigenvalue weighted by atomic mass is 10.2. The van der Waals surface area contributed by atoms with Gasteiger partial charge in [0.1, 0.15) is 0 Å². The molecule has 110 valence electrons. The molecule has 5 nitrogen and oxygen atoms in total. The fourth-order valence-electron chi connectivity index (χ4n) is 1.63. The number of amides is 2. The van der Waals surface area contributed by atoms with E-state index in [0.29, 0.717) is 18.8 Å². The van der Waals surface area contributed by atoms with Gasteiger partial charge in [-0.15, -0.1) is 0 Å². The zero-order valence-electron chi connectivity index (χ0n) is 11.9. The van der Waals surface area contributed by atoms with Crippen LogP contribution < -0.4 is 5.32 Å². The first-order valence-corrected chi connectivity index (χ1v) is 7.03. The number of nitrogens with zero attached hydrogens (tertiary/aromatic N) is 1. The van der Waals surface area contributed by atoms with Gasteiger partial charge >= 0.3 is 0 Å². The summed E-state index contributed by atoms with van der Waals surface area (Å²) in [5, 5.41) is 2.78. The molecule has 0 radical (unpaired) electrons. The minimum Gasteiger partial charge on any atom is -0.383 e. The van der Waals surface area contributed by atoms with Gasteiger partial charge in [0.15, 0.2) is 0 Å². The fourth-order valence-corrected chi connectivity index (χ4v) is 2.23. The van der Waals surface area contributed by atoms with Crippen molar-refractivity contribution in [3.63, 3.8) is 0 Å². The third-order valence-corrected chi connectivity index (χ3v) is 3.40. The lowest BCUT2D eigenvalue weighted by Gasteiger charge is -2.20. The number of ether oxygens (including phenoxy) is 1. The van der Waals surface area contributed by atoms with Crippen molar-refractivity contribution in [2.75, 3.05) is 32.1 Å². The van der Waals surface area contributed by atoms with Crippen LogP contribution in [-0.2, 0) is 14.3 Å². The molecule has 6 heteroatoms. The number of carbonyl (C=O) groups is 2. The Hall–Kier alpha value is -1.40. The smallest absolute Gasteiger partial charge is 0.244 e. The van der Waals surface area contributed by atoms with E-state index in [-0.39, 0.29) is 18.4 Å². The van der Waals surface area contributed by atoms with Crippen LogP contribution in [0.3, 0.4) is 0 Å². The average Bonchev–Trinajstić information content (AvgIpc) is 2.37. The first-order chi connectivity index (χ1) is 9.43. The van der Waals surface area contributed by atoms with Crippen LogP contribution in [0.15, 0.2) is 22.7 Å². The van der Waals surface area contributed by atoms with Gasteiger partial charge in [0.2, 0.25) is 11.8 Å². The van der Waals surface area contributed by atoms with Crippen molar-refractivity contribution in [2.24, 2.45) is 0 Å². The van der Waals surface area contributed by atoms with Gasteiger partial charge in [-0.3, -0.25) is 9.59 Å². The van der Waals surface area contributed by atoms with E-state index in [9.17, 15) is 9.59 Å². The predicted octanol–water partition coefficient (Wildman–Crippen LogP) is 2.19. The summed E-state index contributed by atoms with van der Waals surface area (Å²) in [6.07, 6.45) is 0. The number of anilines is 1. The normalized spacial score (nSPS) is 10.2. The Morgan fingerprint density at radius 3 is 2.65 bits per heavy atom. The summed E-state index contributed by atoms with van der Waals surface area (Å²) in [7, 11) is 1.56. The molecule has 1 rings (SSSR count). The molecule has 0 aliphatic carbocycles. The zero-order chi connectivity index (χ0) is 15.1. The molecule has 0 aliphatic rings. The van der Waals surface area contributed by atoms with Crippen molar-refractivity contribution >= 4 is 33.4 Å². The van der Waals surface area contributed by atoms with Crippen molar-refractivity contribution in [1.82, 2.24) is 4.90 Å². The van der Waals surface area contributed by atoms with Gasteiger partial charge in [0, 0.05) is 25.1 Å². The van der Waals surface area contributed by atoms with Gasteiger partial charge in [-0.05, 0) is 40.5 Å². The highest BCUT2D eigenvalue weighted by Crippen LogP contribution is 2.23. The quantitative estimate of drug-likeness (QED) is 0.861. The molecular formula is C14H19BrN2O3. The number of hydrogen-bond acceptors (Lipinski definition) is 3. The number of benzene rings is 1. The van der Waals surface area contributed by atoms with Gasteiger partial charge in [-0.1, -0.05) is 6.07 Å². The van der Waals surface area contributed by atoms with E-state index in [0.717, 1.165) is 10.0 Å². The largest absolute Gasteiger partial charge is 0.383 e. The molecule has 0 atom stereocenters. The van der Waals surface area contributed by atoms with E-state index < -0.39 is 0 Å². The van der Waals surface area contributed by atoms with Crippen molar-refractivity contribution in [3.05, 3.63) is 28.2 Å². The minimum atomic E-state index is -0.235. The van der Waals surface area contributed by atoms with Crippen LogP contribution in [0.25, 0.3) is 0 Å². The van der Waals surface area contributed by atoms with Crippen LogP contribution in [0.5, 0.6) is 0 Å². The Balaban J connectivity index is 2.63. The first-order valence-electron chi connectivity index (χ1n) is 6.24. The summed E-state index contributed by atoms with van der Waals surface area (Å²) in [4.78, 5) is 24.8. The highest BCUT2D eigenvalue weighted by molar-refractivity contribution is 9.10. The third kappa shape index (κ3) is 5.30. The Morgan fingerprint density at radius 1 is 1.40 bits per heavy atom. The van der Waals surface area contributed by atoms with Crippen LogP contribution in [0.4, 0.5) is 5.69 Å². The van der Waals surface area contributed by atoms with Crippen molar-refractivity contribution < 1.29 is 14.3 Å². The molecule has 1 aromatic rings. The Morgan fingerprint density at radius 2 is 2.10 bits per heavy atom. The lowest BCUT2D eigenvalue weighted by Crippen LogP contribution is -2.38. The number of carbonyl (C=O) groups excluding carboxylic acids is 2. The van der Waals surface area contributed by atoms with E-state index in [1.165, 1.54) is 11.8 Å². The second-order valence-electron chi connectivity index (χ2n) is 4.46. The van der Waals surface area contributed by atoms with Gasteiger partial charge in [0.05, 0.1) is 18.8 Å². The van der Waals surface area contributed by atoms with Gasteiger partial charge in [0.25, 0.3) is 0 Å². The van der Waals surface area contributed by atoms with Gasteiger partial charge < -0.3 is 15.0 Å². The summed E-state index contributed by atoms with van der Waals surface area (Å²) in [5.41, 5.74) is 1.79. The summed E-state index contributed by atoms with van der Waals surface area (Å²) < 4.78 is 5.74. The number of nitrogens with one attached hydrogen (secondary N) is 1. The molecule has 20 heavy (non-hydrogen) atoms. The Labute approximate surface area is 127 Å². The van der Waals surface area contributed by atoms with E-state index >= 15 is 0 Å². The van der Waals surface area contributed by atoms with Gasteiger partial charge in [-0.2, -0.15) is 0 Å². The number of aryl methyl sites for hydroxylation is 1. The maximum atomic E-state index is 12.0. The van der Waals surface area contributed by atoms with E-state index in [4.69, 9.17) is 4.74 Å². The average molecular weight is 343 g/mol. The van der Waals surface area contributed by atoms with Crippen LogP contribution in [0, 0.1) is 6.92 Å². The van der Waals surface area contributed by atoms with Crippen LogP contribution in [0.1, 0.15) is 12.5 Å². The van der Waals surface area contributed by atoms with Crippen molar-refractivity contribution in [1.29, 1.82) is 0 Å². The molecule has 0 spiro atoms. The van der Waals surface area contributed by atoms with Crippen molar-refractivity contribution in [2.45, 2.75) is 13.8 Å². The second-order valence-corrected chi connectivity index (χ2v) is 5.32. The minimum absolute atomic E-state index is 0.0129. The fraction of sp³-hybridized carbons (Fsp3) is 0.429. The third-order valence-electron chi connectivity index (χ3n) is 2.74. The van der Waals surface area contributed by atoms with E-state index in [2.05, 4.69) is 21.2 Å². The molecule has 2 amide bonds. The number of hydrogen-bond donors (Lipinski definition) is 1. The maximum absolute atomic E-state index is 12.0. The highest BCUT2D eigenvalue weighted by Gasteiger charge is 2.14. The van der Waals surface area contributed by atoms with Crippen LogP contribution >= 0.6 is 15.9 Å². The standard InChI is InChI=1S/C14H19BrN2O3/c1-10-4-5-13(12(15)8-10)16-14(19)9-17(11(2)18)6-7-20-3/h4-5,8H,6-7,9H2,1-3H3,(H,16,19). The molecule has 0 bridgehead atoms. The Bertz CT molecular complexity index is 491. The molecule has 0 aromatic heterocycles. The van der Waals surface area contributed by atoms with E-state index in [1.54, 1.807) is 7.11 Å². The van der Waals surface area contributed by atoms with Crippen molar-refractivity contribution in [3.8, 4) is 0 Å². The zero-order valence-corrected chi connectivity index (χ0v) is 13.5. The molecule has 1 N–H and O–H groups in total. The molecule has 0 unspecified atom stereocenters. The molecule has 0 saturated carbocycles. The monoisotopic (exact) mass is 342 g/mol. The molecule has 0 fully saturated rings. The summed E-state index contributed by atoms with van der Waals surface area (Å²) >= 11 is 3.40. The van der Waals surface area contributed by atoms with Crippen LogP contribution in [-0.4, -0.2) is 43.5 Å². The summed E-state index contributed by atoms with van der Waals surface area (Å²) in [5.74, 6) is -0.388. The lowest BCUT2D eigenvalue weighted by molar-refractivity contribution is -0.133. The molecule has 0 saturated heterocycles. The second kappa shape index (κ2) is 8.01. The molecule has 0 aliphatic heterocycles. The first kappa shape index (κ1) is 16.7. The highest BCUT2D eigenvalue weighted by atomic mass is 79.9. The molecular weight excluding hydrogens is 324 g/mol. The molecule has 0 heterocycles. The number of halogens is 1. The predicted molar refractivity (Wildman–Crippen MR) is 81.6 cm³/mol. The number of methoxy groups -OCH3 is 1. The van der Waals surface area contributed by atoms with Crippen LogP contribution in [0.2, 0.25) is 0 Å². The summed E-state index contributed by atoms with van der Waals surface area (Å²) in [6, 6.07) is 5.65.